The van der Waals surface area contributed by atoms with Gasteiger partial charge in [-0.05, 0) is 54.0 Å². The Labute approximate surface area is 108 Å². The second kappa shape index (κ2) is 4.33. The highest BCUT2D eigenvalue weighted by Gasteiger charge is 2.18. The molecule has 16 heavy (non-hydrogen) atoms. The molecule has 0 bridgehead atoms. The predicted molar refractivity (Wildman–Crippen MR) is 71.3 cm³/mol. The molecule has 2 aromatic rings. The lowest BCUT2D eigenvalue weighted by Crippen LogP contribution is -2.18. The number of hydrogen-bond donors (Lipinski definition) is 0. The smallest absolute Gasteiger partial charge is 0.150 e. The molecular weight excluding hydrogens is 315 g/mol. The number of ether oxygens (including phenoxy) is 1. The van der Waals surface area contributed by atoms with Crippen molar-refractivity contribution >= 4 is 33.5 Å². The molecular formula is C12H13IN2O. The lowest BCUT2D eigenvalue weighted by atomic mass is 10.2. The van der Waals surface area contributed by atoms with Crippen LogP contribution >= 0.6 is 22.6 Å². The Hall–Kier alpha value is -0.620. The lowest BCUT2D eigenvalue weighted by Gasteiger charge is -2.23. The summed E-state index contributed by atoms with van der Waals surface area (Å²) in [6, 6.07) is 6.39. The summed E-state index contributed by atoms with van der Waals surface area (Å²) in [6.07, 6.45) is 5.53. The zero-order chi connectivity index (χ0) is 11.0. The summed E-state index contributed by atoms with van der Waals surface area (Å²) in [5.74, 6) is 0. The highest BCUT2D eigenvalue weighted by atomic mass is 127. The van der Waals surface area contributed by atoms with Gasteiger partial charge >= 0.3 is 0 Å². The average molecular weight is 328 g/mol. The molecule has 3 rings (SSSR count). The molecule has 0 spiro atoms. The summed E-state index contributed by atoms with van der Waals surface area (Å²) in [5.41, 5.74) is 1.18. The van der Waals surface area contributed by atoms with Gasteiger partial charge in [0.15, 0.2) is 6.23 Å². The van der Waals surface area contributed by atoms with Crippen molar-refractivity contribution in [2.24, 2.45) is 0 Å². The SMILES string of the molecule is Ic1ccc2cnn(C3CCCCO3)c2c1. The van der Waals surface area contributed by atoms with Crippen LogP contribution in [0.2, 0.25) is 0 Å². The van der Waals surface area contributed by atoms with Crippen LogP contribution < -0.4 is 0 Å². The predicted octanol–water partition coefficient (Wildman–Crippen LogP) is 3.34. The molecule has 1 aromatic heterocycles. The lowest BCUT2D eigenvalue weighted by molar-refractivity contribution is -0.0366. The number of aromatic nitrogens is 2. The number of hydrogen-bond acceptors (Lipinski definition) is 2. The topological polar surface area (TPSA) is 27.1 Å². The fraction of sp³-hybridized carbons (Fsp3) is 0.417. The van der Waals surface area contributed by atoms with Gasteiger partial charge in [0.25, 0.3) is 0 Å². The molecule has 0 saturated carbocycles. The van der Waals surface area contributed by atoms with Crippen molar-refractivity contribution < 1.29 is 4.74 Å². The molecule has 4 heteroatoms. The standard InChI is InChI=1S/C12H13IN2O/c13-10-5-4-9-8-14-15(11(9)7-10)12-3-1-2-6-16-12/h4-5,7-8,12H,1-3,6H2. The first kappa shape index (κ1) is 10.5. The normalized spacial score (nSPS) is 21.4. The molecule has 1 saturated heterocycles. The van der Waals surface area contributed by atoms with Crippen molar-refractivity contribution in [2.75, 3.05) is 6.61 Å². The molecule has 1 aliphatic heterocycles. The zero-order valence-electron chi connectivity index (χ0n) is 8.90. The number of rotatable bonds is 1. The maximum Gasteiger partial charge on any atom is 0.150 e. The van der Waals surface area contributed by atoms with Gasteiger partial charge in [-0.15, -0.1) is 0 Å². The van der Waals surface area contributed by atoms with E-state index < -0.39 is 0 Å². The maximum absolute atomic E-state index is 5.77. The van der Waals surface area contributed by atoms with E-state index in [1.807, 2.05) is 10.9 Å². The highest BCUT2D eigenvalue weighted by Crippen LogP contribution is 2.26. The molecule has 0 N–H and O–H groups in total. The number of nitrogens with zero attached hydrogens (tertiary/aromatic N) is 2. The van der Waals surface area contributed by atoms with Crippen molar-refractivity contribution in [2.45, 2.75) is 25.5 Å². The molecule has 1 atom stereocenters. The largest absolute Gasteiger partial charge is 0.356 e. The Morgan fingerprint density at radius 1 is 1.38 bits per heavy atom. The zero-order valence-corrected chi connectivity index (χ0v) is 11.1. The van der Waals surface area contributed by atoms with Crippen LogP contribution in [0.1, 0.15) is 25.5 Å². The molecule has 0 aliphatic carbocycles. The van der Waals surface area contributed by atoms with E-state index in [1.165, 1.54) is 27.3 Å². The van der Waals surface area contributed by atoms with Crippen molar-refractivity contribution in [3.63, 3.8) is 0 Å². The first-order chi connectivity index (χ1) is 7.84. The minimum absolute atomic E-state index is 0.129. The molecule has 2 heterocycles. The first-order valence-corrected chi connectivity index (χ1v) is 6.67. The van der Waals surface area contributed by atoms with Gasteiger partial charge in [-0.2, -0.15) is 5.10 Å². The van der Waals surface area contributed by atoms with E-state index in [-0.39, 0.29) is 6.23 Å². The monoisotopic (exact) mass is 328 g/mol. The molecule has 0 radical (unpaired) electrons. The van der Waals surface area contributed by atoms with E-state index in [4.69, 9.17) is 4.74 Å². The molecule has 84 valence electrons. The first-order valence-electron chi connectivity index (χ1n) is 5.59. The van der Waals surface area contributed by atoms with Crippen LogP contribution in [0.25, 0.3) is 10.9 Å². The van der Waals surface area contributed by atoms with Crippen LogP contribution in [0, 0.1) is 3.57 Å². The van der Waals surface area contributed by atoms with Crippen LogP contribution in [0.4, 0.5) is 0 Å². The fourth-order valence-electron chi connectivity index (χ4n) is 2.16. The Bertz CT molecular complexity index is 503. The van der Waals surface area contributed by atoms with Crippen molar-refractivity contribution in [3.8, 4) is 0 Å². The van der Waals surface area contributed by atoms with Gasteiger partial charge in [-0.25, -0.2) is 4.68 Å². The molecule has 1 unspecified atom stereocenters. The summed E-state index contributed by atoms with van der Waals surface area (Å²) < 4.78 is 9.03. The van der Waals surface area contributed by atoms with Crippen molar-refractivity contribution in [1.82, 2.24) is 9.78 Å². The summed E-state index contributed by atoms with van der Waals surface area (Å²) in [6.45, 7) is 0.857. The van der Waals surface area contributed by atoms with Crippen molar-refractivity contribution in [1.29, 1.82) is 0 Å². The minimum Gasteiger partial charge on any atom is -0.356 e. The third kappa shape index (κ3) is 1.84. The molecule has 1 aromatic carbocycles. The minimum atomic E-state index is 0.129. The Kier molecular flexibility index (Phi) is 2.85. The Morgan fingerprint density at radius 3 is 3.12 bits per heavy atom. The average Bonchev–Trinajstić information content (AvgIpc) is 2.73. The molecule has 1 aliphatic rings. The van der Waals surface area contributed by atoms with Gasteiger partial charge in [0.05, 0.1) is 11.7 Å². The second-order valence-electron chi connectivity index (χ2n) is 4.11. The Balaban J connectivity index is 2.05. The van der Waals surface area contributed by atoms with E-state index in [0.29, 0.717) is 0 Å². The number of benzene rings is 1. The quantitative estimate of drug-likeness (QED) is 0.751. The summed E-state index contributed by atoms with van der Waals surface area (Å²) >= 11 is 2.33. The molecule has 0 amide bonds. The van der Waals surface area contributed by atoms with Gasteiger partial charge in [-0.3, -0.25) is 0 Å². The van der Waals surface area contributed by atoms with Gasteiger partial charge < -0.3 is 4.74 Å². The summed E-state index contributed by atoms with van der Waals surface area (Å²) in [7, 11) is 0. The fourth-order valence-corrected chi connectivity index (χ4v) is 2.63. The maximum atomic E-state index is 5.77. The van der Waals surface area contributed by atoms with Crippen LogP contribution in [0.5, 0.6) is 0 Å². The van der Waals surface area contributed by atoms with E-state index in [0.717, 1.165) is 13.0 Å². The van der Waals surface area contributed by atoms with Gasteiger partial charge in [-0.1, -0.05) is 6.07 Å². The van der Waals surface area contributed by atoms with E-state index in [9.17, 15) is 0 Å². The van der Waals surface area contributed by atoms with Crippen LogP contribution in [0.15, 0.2) is 24.4 Å². The number of halogens is 1. The second-order valence-corrected chi connectivity index (χ2v) is 5.36. The van der Waals surface area contributed by atoms with E-state index in [1.54, 1.807) is 0 Å². The van der Waals surface area contributed by atoms with Crippen LogP contribution in [0.3, 0.4) is 0 Å². The van der Waals surface area contributed by atoms with Crippen LogP contribution in [-0.2, 0) is 4.74 Å². The molecule has 1 fully saturated rings. The Morgan fingerprint density at radius 2 is 2.31 bits per heavy atom. The van der Waals surface area contributed by atoms with E-state index in [2.05, 4.69) is 45.9 Å². The summed E-state index contributed by atoms with van der Waals surface area (Å²) in [5, 5.41) is 5.64. The van der Waals surface area contributed by atoms with Crippen LogP contribution in [-0.4, -0.2) is 16.4 Å². The summed E-state index contributed by atoms with van der Waals surface area (Å²) in [4.78, 5) is 0. The van der Waals surface area contributed by atoms with Gasteiger partial charge in [0, 0.05) is 15.6 Å². The third-order valence-corrected chi connectivity index (χ3v) is 3.66. The highest BCUT2D eigenvalue weighted by molar-refractivity contribution is 14.1. The van der Waals surface area contributed by atoms with Gasteiger partial charge in [0.1, 0.15) is 0 Å². The van der Waals surface area contributed by atoms with E-state index >= 15 is 0 Å². The molecule has 3 nitrogen and oxygen atoms in total. The van der Waals surface area contributed by atoms with Gasteiger partial charge in [0.2, 0.25) is 0 Å². The third-order valence-electron chi connectivity index (χ3n) is 2.99. The number of fused-ring (bicyclic) bond motifs is 1. The van der Waals surface area contributed by atoms with Crippen molar-refractivity contribution in [3.05, 3.63) is 28.0 Å².